The molecule has 0 unspecified atom stereocenters. The van der Waals surface area contributed by atoms with Crippen LogP contribution in [0.5, 0.6) is 0 Å². The van der Waals surface area contributed by atoms with Crippen molar-refractivity contribution in [2.45, 2.75) is 11.3 Å². The normalized spacial score (nSPS) is 13.8. The summed E-state index contributed by atoms with van der Waals surface area (Å²) in [6, 6.07) is 5.18. The molecule has 1 aliphatic heterocycles. The van der Waals surface area contributed by atoms with Gasteiger partial charge in [0, 0.05) is 29.7 Å². The standard InChI is InChI=1S/C13H14ClN3O2S2/c14-4-7-17(13-16-6-8-20-13)21(18,19)11-1-2-12-10(9-11)3-5-15-12/h1-2,6,8-9,15H,3-5,7H2. The first-order valence-corrected chi connectivity index (χ1v) is 9.33. The molecule has 0 bridgehead atoms. The zero-order valence-electron chi connectivity index (χ0n) is 11.1. The number of nitrogens with one attached hydrogen (secondary N) is 1. The van der Waals surface area contributed by atoms with Crippen LogP contribution in [0.25, 0.3) is 0 Å². The maximum Gasteiger partial charge on any atom is 0.266 e. The van der Waals surface area contributed by atoms with Crippen molar-refractivity contribution in [3.05, 3.63) is 35.3 Å². The largest absolute Gasteiger partial charge is 0.384 e. The number of anilines is 2. The van der Waals surface area contributed by atoms with Crippen LogP contribution < -0.4 is 9.62 Å². The molecule has 0 atom stereocenters. The van der Waals surface area contributed by atoms with E-state index in [0.717, 1.165) is 24.2 Å². The Balaban J connectivity index is 2.01. The minimum Gasteiger partial charge on any atom is -0.384 e. The maximum atomic E-state index is 12.8. The number of sulfonamides is 1. The number of rotatable bonds is 5. The highest BCUT2D eigenvalue weighted by Gasteiger charge is 2.27. The highest BCUT2D eigenvalue weighted by molar-refractivity contribution is 7.93. The van der Waals surface area contributed by atoms with E-state index in [1.165, 1.54) is 15.6 Å². The van der Waals surface area contributed by atoms with Crippen LogP contribution in [0.15, 0.2) is 34.7 Å². The Morgan fingerprint density at radius 2 is 2.29 bits per heavy atom. The summed E-state index contributed by atoms with van der Waals surface area (Å²) in [6.45, 7) is 1.05. The molecular weight excluding hydrogens is 330 g/mol. The molecule has 2 aromatic rings. The van der Waals surface area contributed by atoms with Crippen LogP contribution >= 0.6 is 22.9 Å². The van der Waals surface area contributed by atoms with Crippen molar-refractivity contribution in [1.29, 1.82) is 0 Å². The number of nitrogens with zero attached hydrogens (tertiary/aromatic N) is 2. The fourth-order valence-corrected chi connectivity index (χ4v) is 4.94. The predicted molar refractivity (Wildman–Crippen MR) is 86.0 cm³/mol. The third-order valence-electron chi connectivity index (χ3n) is 3.29. The molecule has 0 saturated heterocycles. The number of aromatic nitrogens is 1. The molecule has 0 aliphatic carbocycles. The summed E-state index contributed by atoms with van der Waals surface area (Å²) in [5.41, 5.74) is 2.04. The quantitative estimate of drug-likeness (QED) is 0.847. The van der Waals surface area contributed by atoms with Gasteiger partial charge in [-0.3, -0.25) is 0 Å². The van der Waals surface area contributed by atoms with Crippen molar-refractivity contribution in [2.24, 2.45) is 0 Å². The van der Waals surface area contributed by atoms with Crippen LogP contribution in [0.3, 0.4) is 0 Å². The lowest BCUT2D eigenvalue weighted by Crippen LogP contribution is -2.32. The first kappa shape index (κ1) is 14.6. The third kappa shape index (κ3) is 2.73. The summed E-state index contributed by atoms with van der Waals surface area (Å²) in [6.07, 6.45) is 2.43. The number of halogens is 1. The van der Waals surface area contributed by atoms with Gasteiger partial charge in [0.2, 0.25) is 0 Å². The van der Waals surface area contributed by atoms with E-state index >= 15 is 0 Å². The molecule has 1 N–H and O–H groups in total. The molecule has 0 radical (unpaired) electrons. The van der Waals surface area contributed by atoms with Crippen LogP contribution in [0.4, 0.5) is 10.8 Å². The SMILES string of the molecule is O=S(=O)(c1ccc2c(c1)CCN2)N(CCCl)c1nccs1. The molecular formula is C13H14ClN3O2S2. The number of alkyl halides is 1. The van der Waals surface area contributed by atoms with Gasteiger partial charge in [-0.25, -0.2) is 17.7 Å². The van der Waals surface area contributed by atoms with Gasteiger partial charge >= 0.3 is 0 Å². The van der Waals surface area contributed by atoms with Crippen LogP contribution in [0.1, 0.15) is 5.56 Å². The summed E-state index contributed by atoms with van der Waals surface area (Å²) in [5, 5.41) is 5.41. The van der Waals surface area contributed by atoms with Crippen molar-refractivity contribution in [2.75, 3.05) is 28.6 Å². The molecule has 8 heteroatoms. The second-order valence-electron chi connectivity index (χ2n) is 4.58. The molecule has 2 heterocycles. The van der Waals surface area contributed by atoms with E-state index in [9.17, 15) is 8.42 Å². The minimum absolute atomic E-state index is 0.201. The Hall–Kier alpha value is -1.31. The summed E-state index contributed by atoms with van der Waals surface area (Å²) in [5.74, 6) is 0.214. The average molecular weight is 344 g/mol. The maximum absolute atomic E-state index is 12.8. The van der Waals surface area contributed by atoms with Crippen LogP contribution in [-0.2, 0) is 16.4 Å². The fourth-order valence-electron chi connectivity index (χ4n) is 2.30. The van der Waals surface area contributed by atoms with Crippen LogP contribution in [0, 0.1) is 0 Å². The lowest BCUT2D eigenvalue weighted by atomic mass is 10.2. The van der Waals surface area contributed by atoms with E-state index in [1.807, 2.05) is 6.07 Å². The summed E-state index contributed by atoms with van der Waals surface area (Å²) in [4.78, 5) is 4.38. The van der Waals surface area contributed by atoms with E-state index < -0.39 is 10.0 Å². The van der Waals surface area contributed by atoms with Crippen molar-refractivity contribution >= 4 is 43.8 Å². The highest BCUT2D eigenvalue weighted by Crippen LogP contribution is 2.29. The van der Waals surface area contributed by atoms with Gasteiger partial charge in [0.05, 0.1) is 11.4 Å². The van der Waals surface area contributed by atoms with Gasteiger partial charge in [-0.2, -0.15) is 0 Å². The lowest BCUT2D eigenvalue weighted by Gasteiger charge is -2.21. The van der Waals surface area contributed by atoms with Gasteiger partial charge in [0.1, 0.15) is 0 Å². The Morgan fingerprint density at radius 1 is 1.43 bits per heavy atom. The molecule has 21 heavy (non-hydrogen) atoms. The lowest BCUT2D eigenvalue weighted by molar-refractivity contribution is 0.592. The van der Waals surface area contributed by atoms with Crippen molar-refractivity contribution in [3.63, 3.8) is 0 Å². The Kier molecular flexibility index (Phi) is 4.05. The molecule has 3 rings (SSSR count). The van der Waals surface area contributed by atoms with E-state index in [2.05, 4.69) is 10.3 Å². The molecule has 0 fully saturated rings. The minimum atomic E-state index is -3.64. The predicted octanol–water partition coefficient (Wildman–Crippen LogP) is 2.55. The molecule has 0 spiro atoms. The fraction of sp³-hybridized carbons (Fsp3) is 0.308. The number of hydrogen-bond donors (Lipinski definition) is 1. The zero-order valence-corrected chi connectivity index (χ0v) is 13.5. The zero-order chi connectivity index (χ0) is 14.9. The van der Waals surface area contributed by atoms with Gasteiger partial charge in [-0.1, -0.05) is 0 Å². The smallest absolute Gasteiger partial charge is 0.266 e. The third-order valence-corrected chi connectivity index (χ3v) is 6.16. The number of fused-ring (bicyclic) bond motifs is 1. The van der Waals surface area contributed by atoms with E-state index in [-0.39, 0.29) is 17.3 Å². The van der Waals surface area contributed by atoms with E-state index in [4.69, 9.17) is 11.6 Å². The Labute approximate surface area is 132 Å². The van der Waals surface area contributed by atoms with E-state index in [0.29, 0.717) is 5.13 Å². The van der Waals surface area contributed by atoms with Crippen LogP contribution in [-0.4, -0.2) is 32.4 Å². The van der Waals surface area contributed by atoms with Gasteiger partial charge in [-0.05, 0) is 30.2 Å². The van der Waals surface area contributed by atoms with Crippen LogP contribution in [0.2, 0.25) is 0 Å². The molecule has 1 aliphatic rings. The van der Waals surface area contributed by atoms with Crippen molar-refractivity contribution < 1.29 is 8.42 Å². The summed E-state index contributed by atoms with van der Waals surface area (Å²) in [7, 11) is -3.64. The summed E-state index contributed by atoms with van der Waals surface area (Å²) < 4.78 is 26.9. The average Bonchev–Trinajstić information content (AvgIpc) is 3.14. The highest BCUT2D eigenvalue weighted by atomic mass is 35.5. The Morgan fingerprint density at radius 3 is 3.00 bits per heavy atom. The van der Waals surface area contributed by atoms with Crippen molar-refractivity contribution in [3.8, 4) is 0 Å². The first-order chi connectivity index (χ1) is 10.1. The number of thiazole rings is 1. The van der Waals surface area contributed by atoms with Crippen molar-refractivity contribution in [1.82, 2.24) is 4.98 Å². The van der Waals surface area contributed by atoms with Gasteiger partial charge < -0.3 is 5.32 Å². The molecule has 0 amide bonds. The second-order valence-corrected chi connectivity index (χ2v) is 7.69. The van der Waals surface area contributed by atoms with Gasteiger partial charge in [0.25, 0.3) is 10.0 Å². The molecule has 1 aromatic carbocycles. The number of benzene rings is 1. The number of hydrogen-bond acceptors (Lipinski definition) is 5. The van der Waals surface area contributed by atoms with Gasteiger partial charge in [0.15, 0.2) is 5.13 Å². The molecule has 112 valence electrons. The first-order valence-electron chi connectivity index (χ1n) is 6.48. The Bertz CT molecular complexity index is 732. The monoisotopic (exact) mass is 343 g/mol. The summed E-state index contributed by atoms with van der Waals surface area (Å²) >= 11 is 7.04. The molecule has 1 aromatic heterocycles. The second kappa shape index (κ2) is 5.82. The van der Waals surface area contributed by atoms with Gasteiger partial charge in [-0.15, -0.1) is 22.9 Å². The molecule has 0 saturated carbocycles. The van der Waals surface area contributed by atoms with E-state index in [1.54, 1.807) is 23.7 Å². The topological polar surface area (TPSA) is 62.3 Å². The molecule has 5 nitrogen and oxygen atoms in total.